The molecule has 1 aromatic rings. The zero-order valence-corrected chi connectivity index (χ0v) is 11.7. The summed E-state index contributed by atoms with van der Waals surface area (Å²) in [5.74, 6) is 5.82. The van der Waals surface area contributed by atoms with Gasteiger partial charge in [-0.1, -0.05) is 30.0 Å². The van der Waals surface area contributed by atoms with Crippen molar-refractivity contribution < 1.29 is 4.79 Å². The number of amides is 2. The van der Waals surface area contributed by atoms with Crippen LogP contribution in [-0.4, -0.2) is 18.1 Å². The zero-order valence-electron chi connectivity index (χ0n) is 11.7. The van der Waals surface area contributed by atoms with Gasteiger partial charge < -0.3 is 16.4 Å². The molecule has 0 atom stereocenters. The quantitative estimate of drug-likeness (QED) is 0.706. The van der Waals surface area contributed by atoms with Gasteiger partial charge in [-0.15, -0.1) is 0 Å². The van der Waals surface area contributed by atoms with Gasteiger partial charge in [0.1, 0.15) is 0 Å². The van der Waals surface area contributed by atoms with Crippen LogP contribution in [0.3, 0.4) is 0 Å². The molecular weight excluding hydrogens is 238 g/mol. The molecule has 0 bridgehead atoms. The summed E-state index contributed by atoms with van der Waals surface area (Å²) in [4.78, 5) is 11.7. The maximum absolute atomic E-state index is 11.7. The van der Waals surface area contributed by atoms with Gasteiger partial charge in [0, 0.05) is 17.6 Å². The first kappa shape index (κ1) is 15.1. The van der Waals surface area contributed by atoms with Crippen LogP contribution in [0.2, 0.25) is 0 Å². The van der Waals surface area contributed by atoms with Crippen molar-refractivity contribution >= 4 is 6.03 Å². The van der Waals surface area contributed by atoms with E-state index in [4.69, 9.17) is 5.73 Å². The monoisotopic (exact) mass is 259 g/mol. The van der Waals surface area contributed by atoms with Crippen molar-refractivity contribution in [1.82, 2.24) is 10.6 Å². The van der Waals surface area contributed by atoms with Crippen molar-refractivity contribution in [2.75, 3.05) is 6.54 Å². The van der Waals surface area contributed by atoms with Crippen LogP contribution in [-0.2, 0) is 6.54 Å². The summed E-state index contributed by atoms with van der Waals surface area (Å²) in [6, 6.07) is 7.51. The molecule has 4 heteroatoms. The first-order chi connectivity index (χ1) is 8.92. The van der Waals surface area contributed by atoms with Crippen molar-refractivity contribution in [1.29, 1.82) is 0 Å². The lowest BCUT2D eigenvalue weighted by atomic mass is 10.1. The molecule has 0 aromatic heterocycles. The molecule has 0 fully saturated rings. The third-order valence-corrected chi connectivity index (χ3v) is 2.27. The van der Waals surface area contributed by atoms with E-state index in [0.29, 0.717) is 13.1 Å². The molecule has 1 aromatic carbocycles. The van der Waals surface area contributed by atoms with Crippen molar-refractivity contribution in [3.05, 3.63) is 35.4 Å². The van der Waals surface area contributed by atoms with Crippen molar-refractivity contribution in [3.63, 3.8) is 0 Å². The minimum atomic E-state index is -0.247. The Hall–Kier alpha value is -1.99. The number of benzene rings is 1. The fraction of sp³-hybridized carbons (Fsp3) is 0.400. The van der Waals surface area contributed by atoms with E-state index in [2.05, 4.69) is 22.5 Å². The highest BCUT2D eigenvalue weighted by molar-refractivity contribution is 5.74. The summed E-state index contributed by atoms with van der Waals surface area (Å²) in [5, 5.41) is 5.67. The number of hydrogen-bond donors (Lipinski definition) is 3. The maximum Gasteiger partial charge on any atom is 0.315 e. The van der Waals surface area contributed by atoms with E-state index >= 15 is 0 Å². The Morgan fingerprint density at radius 1 is 1.32 bits per heavy atom. The molecule has 0 saturated carbocycles. The summed E-state index contributed by atoms with van der Waals surface area (Å²) in [5.41, 5.74) is 6.99. The number of rotatable bonds is 2. The molecule has 102 valence electrons. The van der Waals surface area contributed by atoms with E-state index in [1.807, 2.05) is 45.0 Å². The summed E-state index contributed by atoms with van der Waals surface area (Å²) >= 11 is 0. The smallest absolute Gasteiger partial charge is 0.315 e. The van der Waals surface area contributed by atoms with Gasteiger partial charge in [0.25, 0.3) is 0 Å². The Labute approximate surface area is 114 Å². The molecule has 4 nitrogen and oxygen atoms in total. The fourth-order valence-electron chi connectivity index (χ4n) is 1.50. The van der Waals surface area contributed by atoms with Gasteiger partial charge in [-0.05, 0) is 32.4 Å². The van der Waals surface area contributed by atoms with Crippen LogP contribution < -0.4 is 16.4 Å². The van der Waals surface area contributed by atoms with E-state index in [0.717, 1.165) is 11.1 Å². The normalized spacial score (nSPS) is 10.3. The molecule has 4 N–H and O–H groups in total. The Bertz CT molecular complexity index is 492. The molecule has 0 heterocycles. The van der Waals surface area contributed by atoms with Gasteiger partial charge in [-0.3, -0.25) is 0 Å². The van der Waals surface area contributed by atoms with Crippen LogP contribution in [0.25, 0.3) is 0 Å². The van der Waals surface area contributed by atoms with Gasteiger partial charge >= 0.3 is 6.03 Å². The first-order valence-corrected chi connectivity index (χ1v) is 6.25. The van der Waals surface area contributed by atoms with Gasteiger partial charge in [-0.25, -0.2) is 4.79 Å². The Kier molecular flexibility index (Phi) is 5.40. The second kappa shape index (κ2) is 6.81. The zero-order chi connectivity index (χ0) is 14.3. The van der Waals surface area contributed by atoms with Crippen molar-refractivity contribution in [2.45, 2.75) is 32.9 Å². The first-order valence-electron chi connectivity index (χ1n) is 6.25. The predicted molar refractivity (Wildman–Crippen MR) is 77.5 cm³/mol. The number of urea groups is 1. The number of carbonyl (C=O) groups excluding carboxylic acids is 1. The molecule has 0 radical (unpaired) electrons. The van der Waals surface area contributed by atoms with E-state index in [9.17, 15) is 4.79 Å². The SMILES string of the molecule is CC(C)(C)NC(=O)NCc1ccccc1C#CCN. The largest absolute Gasteiger partial charge is 0.334 e. The van der Waals surface area contributed by atoms with E-state index in [-0.39, 0.29) is 11.6 Å². The maximum atomic E-state index is 11.7. The molecule has 19 heavy (non-hydrogen) atoms. The van der Waals surface area contributed by atoms with Crippen LogP contribution in [0.1, 0.15) is 31.9 Å². The van der Waals surface area contributed by atoms with Gasteiger partial charge in [0.2, 0.25) is 0 Å². The lowest BCUT2D eigenvalue weighted by molar-refractivity contribution is 0.231. The minimum absolute atomic E-state index is 0.186. The Morgan fingerprint density at radius 2 is 2.00 bits per heavy atom. The predicted octanol–water partition coefficient (Wildman–Crippen LogP) is 1.59. The molecule has 0 aliphatic rings. The van der Waals surface area contributed by atoms with Crippen LogP contribution in [0, 0.1) is 11.8 Å². The lowest BCUT2D eigenvalue weighted by Crippen LogP contribution is -2.46. The number of nitrogens with two attached hydrogens (primary N) is 1. The number of nitrogens with one attached hydrogen (secondary N) is 2. The van der Waals surface area contributed by atoms with E-state index < -0.39 is 0 Å². The van der Waals surface area contributed by atoms with Crippen molar-refractivity contribution in [2.24, 2.45) is 5.73 Å². The Morgan fingerprint density at radius 3 is 2.63 bits per heavy atom. The molecule has 0 saturated heterocycles. The molecule has 2 amide bonds. The fourth-order valence-corrected chi connectivity index (χ4v) is 1.50. The topological polar surface area (TPSA) is 67.2 Å². The molecule has 0 spiro atoms. The third kappa shape index (κ3) is 5.94. The second-order valence-corrected chi connectivity index (χ2v) is 5.22. The number of hydrogen-bond acceptors (Lipinski definition) is 2. The summed E-state index contributed by atoms with van der Waals surface area (Å²) in [6.45, 7) is 6.58. The van der Waals surface area contributed by atoms with Crippen LogP contribution >= 0.6 is 0 Å². The molecule has 0 unspecified atom stereocenters. The van der Waals surface area contributed by atoms with E-state index in [1.54, 1.807) is 0 Å². The molecule has 0 aliphatic carbocycles. The highest BCUT2D eigenvalue weighted by Gasteiger charge is 2.13. The molecule has 0 aliphatic heterocycles. The second-order valence-electron chi connectivity index (χ2n) is 5.22. The van der Waals surface area contributed by atoms with Crippen LogP contribution in [0.5, 0.6) is 0 Å². The van der Waals surface area contributed by atoms with Gasteiger partial charge in [0.05, 0.1) is 6.54 Å². The van der Waals surface area contributed by atoms with E-state index in [1.165, 1.54) is 0 Å². The third-order valence-electron chi connectivity index (χ3n) is 2.27. The van der Waals surface area contributed by atoms with Crippen LogP contribution in [0.4, 0.5) is 4.79 Å². The highest BCUT2D eigenvalue weighted by Crippen LogP contribution is 2.07. The summed E-state index contributed by atoms with van der Waals surface area (Å²) in [6.07, 6.45) is 0. The molecular formula is C15H21N3O. The summed E-state index contributed by atoms with van der Waals surface area (Å²) in [7, 11) is 0. The van der Waals surface area contributed by atoms with Crippen LogP contribution in [0.15, 0.2) is 24.3 Å². The average Bonchev–Trinajstić information content (AvgIpc) is 2.32. The standard InChI is InChI=1S/C15H21N3O/c1-15(2,3)18-14(19)17-11-13-8-5-4-7-12(13)9-6-10-16/h4-5,7-8H,10-11,16H2,1-3H3,(H2,17,18,19). The van der Waals surface area contributed by atoms with Crippen molar-refractivity contribution in [3.8, 4) is 11.8 Å². The minimum Gasteiger partial charge on any atom is -0.334 e. The average molecular weight is 259 g/mol. The Balaban J connectivity index is 2.65. The summed E-state index contributed by atoms with van der Waals surface area (Å²) < 4.78 is 0. The van der Waals surface area contributed by atoms with Gasteiger partial charge in [-0.2, -0.15) is 0 Å². The highest BCUT2D eigenvalue weighted by atomic mass is 16.2. The van der Waals surface area contributed by atoms with Gasteiger partial charge in [0.15, 0.2) is 0 Å². The number of carbonyl (C=O) groups is 1. The molecule has 1 rings (SSSR count). The lowest BCUT2D eigenvalue weighted by Gasteiger charge is -2.20.